The van der Waals surface area contributed by atoms with Crippen LogP contribution in [0.2, 0.25) is 0 Å². The predicted octanol–water partition coefficient (Wildman–Crippen LogP) is 6.10. The fraction of sp³-hybridized carbons (Fsp3) is 0.400. The topological polar surface area (TPSA) is 12.0 Å². The Kier molecular flexibility index (Phi) is 4.41. The van der Waals surface area contributed by atoms with Gasteiger partial charge >= 0.3 is 0 Å². The molecule has 1 N–H and O–H groups in total. The number of benzene rings is 2. The Balaban J connectivity index is 2.40. The molecule has 112 valence electrons. The fourth-order valence-electron chi connectivity index (χ4n) is 2.78. The summed E-state index contributed by atoms with van der Waals surface area (Å²) in [6.07, 6.45) is 0. The van der Waals surface area contributed by atoms with Gasteiger partial charge in [0.25, 0.3) is 0 Å². The van der Waals surface area contributed by atoms with Crippen molar-refractivity contribution in [3.63, 3.8) is 0 Å². The van der Waals surface area contributed by atoms with Crippen molar-refractivity contribution in [1.82, 2.24) is 0 Å². The third-order valence-electron chi connectivity index (χ3n) is 4.85. The zero-order valence-electron chi connectivity index (χ0n) is 14.4. The summed E-state index contributed by atoms with van der Waals surface area (Å²) in [5.74, 6) is 0.575. The Morgan fingerprint density at radius 1 is 0.667 bits per heavy atom. The summed E-state index contributed by atoms with van der Waals surface area (Å²) in [5.41, 5.74) is 10.7. The molecule has 0 aliphatic heterocycles. The first-order chi connectivity index (χ1) is 9.82. The maximum atomic E-state index is 3.62. The van der Waals surface area contributed by atoms with Gasteiger partial charge in [-0.2, -0.15) is 0 Å². The summed E-state index contributed by atoms with van der Waals surface area (Å²) in [6.45, 7) is 15.5. The highest BCUT2D eigenvalue weighted by Gasteiger charge is 2.12. The summed E-state index contributed by atoms with van der Waals surface area (Å²) in [4.78, 5) is 0. The second kappa shape index (κ2) is 5.93. The number of nitrogens with one attached hydrogen (secondary N) is 1. The lowest BCUT2D eigenvalue weighted by Crippen LogP contribution is -2.03. The van der Waals surface area contributed by atoms with Crippen LogP contribution in [0.5, 0.6) is 0 Å². The third kappa shape index (κ3) is 2.97. The monoisotopic (exact) mass is 281 g/mol. The summed E-state index contributed by atoms with van der Waals surface area (Å²) >= 11 is 0. The SMILES string of the molecule is Cc1c(C)c(C)c(Nc2ccc(C(C)C)cc2)c(C)c1C. The van der Waals surface area contributed by atoms with Crippen molar-refractivity contribution >= 4 is 11.4 Å². The van der Waals surface area contributed by atoms with Crippen molar-refractivity contribution < 1.29 is 0 Å². The van der Waals surface area contributed by atoms with E-state index in [1.807, 2.05) is 0 Å². The first-order valence-corrected chi connectivity index (χ1v) is 7.76. The van der Waals surface area contributed by atoms with Gasteiger partial charge in [0.05, 0.1) is 0 Å². The molecular formula is C20H27N. The van der Waals surface area contributed by atoms with Crippen LogP contribution in [-0.4, -0.2) is 0 Å². The summed E-state index contributed by atoms with van der Waals surface area (Å²) in [7, 11) is 0. The number of anilines is 2. The van der Waals surface area contributed by atoms with Crippen molar-refractivity contribution in [2.75, 3.05) is 5.32 Å². The van der Waals surface area contributed by atoms with Crippen molar-refractivity contribution in [2.45, 2.75) is 54.4 Å². The van der Waals surface area contributed by atoms with E-state index >= 15 is 0 Å². The second-order valence-corrected chi connectivity index (χ2v) is 6.40. The second-order valence-electron chi connectivity index (χ2n) is 6.40. The van der Waals surface area contributed by atoms with Gasteiger partial charge in [-0.15, -0.1) is 0 Å². The highest BCUT2D eigenvalue weighted by molar-refractivity contribution is 5.71. The minimum atomic E-state index is 0.575. The normalized spacial score (nSPS) is 11.0. The van der Waals surface area contributed by atoms with Gasteiger partial charge in [0.1, 0.15) is 0 Å². The minimum Gasteiger partial charge on any atom is -0.355 e. The van der Waals surface area contributed by atoms with E-state index in [1.54, 1.807) is 0 Å². The van der Waals surface area contributed by atoms with Crippen LogP contribution in [0.15, 0.2) is 24.3 Å². The van der Waals surface area contributed by atoms with Crippen LogP contribution in [-0.2, 0) is 0 Å². The number of rotatable bonds is 3. The highest BCUT2D eigenvalue weighted by Crippen LogP contribution is 2.32. The zero-order valence-corrected chi connectivity index (χ0v) is 14.4. The first-order valence-electron chi connectivity index (χ1n) is 7.76. The van der Waals surface area contributed by atoms with Gasteiger partial charge in [0, 0.05) is 11.4 Å². The summed E-state index contributed by atoms with van der Waals surface area (Å²) in [6, 6.07) is 8.79. The van der Waals surface area contributed by atoms with Crippen LogP contribution in [0.1, 0.15) is 53.1 Å². The van der Waals surface area contributed by atoms with Crippen LogP contribution in [0.4, 0.5) is 11.4 Å². The smallest absolute Gasteiger partial charge is 0.0449 e. The summed E-state index contributed by atoms with van der Waals surface area (Å²) < 4.78 is 0. The molecule has 0 amide bonds. The molecule has 0 unspecified atom stereocenters. The average molecular weight is 281 g/mol. The molecule has 21 heavy (non-hydrogen) atoms. The largest absolute Gasteiger partial charge is 0.355 e. The lowest BCUT2D eigenvalue weighted by molar-refractivity contribution is 0.867. The molecule has 0 atom stereocenters. The average Bonchev–Trinajstić information content (AvgIpc) is 2.48. The van der Waals surface area contributed by atoms with E-state index in [0.717, 1.165) is 5.69 Å². The molecule has 0 aliphatic carbocycles. The summed E-state index contributed by atoms with van der Waals surface area (Å²) in [5, 5.41) is 3.62. The Labute approximate surface area is 129 Å². The third-order valence-corrected chi connectivity index (χ3v) is 4.85. The van der Waals surface area contributed by atoms with Gasteiger partial charge in [-0.1, -0.05) is 26.0 Å². The van der Waals surface area contributed by atoms with Crippen molar-refractivity contribution in [1.29, 1.82) is 0 Å². The Bertz CT molecular complexity index is 620. The van der Waals surface area contributed by atoms with E-state index in [1.165, 1.54) is 39.1 Å². The van der Waals surface area contributed by atoms with Crippen molar-refractivity contribution in [2.24, 2.45) is 0 Å². The van der Waals surface area contributed by atoms with E-state index in [2.05, 4.69) is 78.0 Å². The number of hydrogen-bond acceptors (Lipinski definition) is 1. The van der Waals surface area contributed by atoms with Crippen LogP contribution in [0.25, 0.3) is 0 Å². The molecule has 1 nitrogen and oxygen atoms in total. The van der Waals surface area contributed by atoms with Gasteiger partial charge in [-0.3, -0.25) is 0 Å². The Hall–Kier alpha value is -1.76. The Morgan fingerprint density at radius 2 is 1.10 bits per heavy atom. The molecule has 0 aliphatic rings. The van der Waals surface area contributed by atoms with Gasteiger partial charge in [-0.25, -0.2) is 0 Å². The zero-order chi connectivity index (χ0) is 15.7. The molecule has 0 bridgehead atoms. The first kappa shape index (κ1) is 15.6. The fourth-order valence-corrected chi connectivity index (χ4v) is 2.78. The molecule has 0 spiro atoms. The maximum Gasteiger partial charge on any atom is 0.0449 e. The van der Waals surface area contributed by atoms with Crippen LogP contribution in [0.3, 0.4) is 0 Å². The van der Waals surface area contributed by atoms with E-state index < -0.39 is 0 Å². The van der Waals surface area contributed by atoms with Gasteiger partial charge in [0.2, 0.25) is 0 Å². The van der Waals surface area contributed by atoms with Crippen LogP contribution < -0.4 is 5.32 Å². The molecule has 0 saturated carbocycles. The van der Waals surface area contributed by atoms with Crippen molar-refractivity contribution in [3.05, 3.63) is 57.6 Å². The van der Waals surface area contributed by atoms with Gasteiger partial charge in [-0.05, 0) is 86.1 Å². The molecular weight excluding hydrogens is 254 g/mol. The van der Waals surface area contributed by atoms with Crippen LogP contribution in [0, 0.1) is 34.6 Å². The van der Waals surface area contributed by atoms with E-state index in [-0.39, 0.29) is 0 Å². The molecule has 2 rings (SSSR count). The van der Waals surface area contributed by atoms with E-state index in [4.69, 9.17) is 0 Å². The van der Waals surface area contributed by atoms with E-state index in [0.29, 0.717) is 5.92 Å². The lowest BCUT2D eigenvalue weighted by atomic mass is 9.93. The Morgan fingerprint density at radius 3 is 1.52 bits per heavy atom. The molecule has 2 aromatic carbocycles. The van der Waals surface area contributed by atoms with Crippen molar-refractivity contribution in [3.8, 4) is 0 Å². The van der Waals surface area contributed by atoms with Gasteiger partial charge < -0.3 is 5.32 Å². The maximum absolute atomic E-state index is 3.62. The molecule has 2 aromatic rings. The molecule has 0 saturated heterocycles. The predicted molar refractivity (Wildman–Crippen MR) is 93.9 cm³/mol. The number of hydrogen-bond donors (Lipinski definition) is 1. The van der Waals surface area contributed by atoms with E-state index in [9.17, 15) is 0 Å². The molecule has 0 heterocycles. The molecule has 0 fully saturated rings. The lowest BCUT2D eigenvalue weighted by Gasteiger charge is -2.20. The molecule has 0 aromatic heterocycles. The van der Waals surface area contributed by atoms with Crippen LogP contribution >= 0.6 is 0 Å². The molecule has 0 radical (unpaired) electrons. The quantitative estimate of drug-likeness (QED) is 0.717. The standard InChI is InChI=1S/C20H27N/c1-12(2)18-8-10-19(11-9-18)21-20-16(6)14(4)13(3)15(5)17(20)7/h8-12,21H,1-7H3. The highest BCUT2D eigenvalue weighted by atomic mass is 14.9. The van der Waals surface area contributed by atoms with Gasteiger partial charge in [0.15, 0.2) is 0 Å². The molecule has 1 heteroatoms. The minimum absolute atomic E-state index is 0.575.